The highest BCUT2D eigenvalue weighted by molar-refractivity contribution is 5.95. The lowest BCUT2D eigenvalue weighted by Gasteiger charge is -2.23. The summed E-state index contributed by atoms with van der Waals surface area (Å²) in [6, 6.07) is 7.51. The minimum atomic E-state index is -0.254. The molecule has 0 fully saturated rings. The Hall–Kier alpha value is -2.41. The molecule has 1 aliphatic heterocycles. The zero-order valence-electron chi connectivity index (χ0n) is 15.6. The summed E-state index contributed by atoms with van der Waals surface area (Å²) in [5.74, 6) is 1.29. The molecule has 1 N–H and O–H groups in total. The van der Waals surface area contributed by atoms with Crippen LogP contribution in [0.1, 0.15) is 56.4 Å². The fourth-order valence-electron chi connectivity index (χ4n) is 3.06. The van der Waals surface area contributed by atoms with Crippen LogP contribution in [0.3, 0.4) is 0 Å². The number of amides is 2. The van der Waals surface area contributed by atoms with E-state index in [-0.39, 0.29) is 18.0 Å². The Kier molecular flexibility index (Phi) is 5.88. The molecule has 0 saturated heterocycles. The standard InChI is InChI=1S/C19H26N4O3/c1-4-25-11-7-10-20-19(24)23-15-9-6-5-8-14(15)12-16(23)17-21-18(13(2)3)26-22-17/h5-6,8-9,13,16H,4,7,10-12H2,1-3H3,(H,20,24). The SMILES string of the molecule is CCOCCCNC(=O)N1c2ccccc2CC1c1noc(C(C)C)n1. The van der Waals surface area contributed by atoms with E-state index in [2.05, 4.69) is 15.5 Å². The van der Waals surface area contributed by atoms with Crippen molar-refractivity contribution in [1.82, 2.24) is 15.5 Å². The highest BCUT2D eigenvalue weighted by Gasteiger charge is 2.37. The number of fused-ring (bicyclic) bond motifs is 1. The maximum atomic E-state index is 12.9. The number of nitrogens with one attached hydrogen (secondary N) is 1. The summed E-state index contributed by atoms with van der Waals surface area (Å²) in [6.07, 6.45) is 1.46. The lowest BCUT2D eigenvalue weighted by atomic mass is 10.1. The first kappa shape index (κ1) is 18.4. The van der Waals surface area contributed by atoms with Crippen LogP contribution in [0.4, 0.5) is 10.5 Å². The molecule has 1 atom stereocenters. The van der Waals surface area contributed by atoms with Gasteiger partial charge in [0.1, 0.15) is 6.04 Å². The molecule has 7 nitrogen and oxygen atoms in total. The number of nitrogens with zero attached hydrogens (tertiary/aromatic N) is 3. The molecule has 1 aliphatic rings. The van der Waals surface area contributed by atoms with Crippen LogP contribution >= 0.6 is 0 Å². The van der Waals surface area contributed by atoms with Gasteiger partial charge in [0.15, 0.2) is 5.82 Å². The van der Waals surface area contributed by atoms with Crippen molar-refractivity contribution >= 4 is 11.7 Å². The number of carbonyl (C=O) groups excluding carboxylic acids is 1. The molecule has 7 heteroatoms. The monoisotopic (exact) mass is 358 g/mol. The maximum absolute atomic E-state index is 12.9. The van der Waals surface area contributed by atoms with Crippen molar-refractivity contribution in [3.63, 3.8) is 0 Å². The van der Waals surface area contributed by atoms with Crippen molar-refractivity contribution in [1.29, 1.82) is 0 Å². The second-order valence-corrected chi connectivity index (χ2v) is 6.65. The van der Waals surface area contributed by atoms with Crippen molar-refractivity contribution in [2.75, 3.05) is 24.7 Å². The zero-order chi connectivity index (χ0) is 18.5. The van der Waals surface area contributed by atoms with Gasteiger partial charge in [0.25, 0.3) is 0 Å². The summed E-state index contributed by atoms with van der Waals surface area (Å²) in [4.78, 5) is 19.1. The summed E-state index contributed by atoms with van der Waals surface area (Å²) < 4.78 is 10.7. The van der Waals surface area contributed by atoms with Crippen molar-refractivity contribution in [3.8, 4) is 0 Å². The Balaban J connectivity index is 1.76. The quantitative estimate of drug-likeness (QED) is 0.767. The second-order valence-electron chi connectivity index (χ2n) is 6.65. The molecule has 1 aromatic carbocycles. The van der Waals surface area contributed by atoms with Crippen LogP contribution in [0.15, 0.2) is 28.8 Å². The maximum Gasteiger partial charge on any atom is 0.322 e. The Bertz CT molecular complexity index is 744. The number of aromatic nitrogens is 2. The number of hydrogen-bond acceptors (Lipinski definition) is 5. The van der Waals surface area contributed by atoms with Crippen molar-refractivity contribution in [2.24, 2.45) is 0 Å². The average Bonchev–Trinajstić information content (AvgIpc) is 3.26. The van der Waals surface area contributed by atoms with Crippen molar-refractivity contribution in [2.45, 2.75) is 45.6 Å². The highest BCUT2D eigenvalue weighted by atomic mass is 16.5. The first-order valence-corrected chi connectivity index (χ1v) is 9.18. The van der Waals surface area contributed by atoms with Gasteiger partial charge in [-0.15, -0.1) is 0 Å². The first-order chi connectivity index (χ1) is 12.6. The van der Waals surface area contributed by atoms with Crippen molar-refractivity contribution in [3.05, 3.63) is 41.5 Å². The van der Waals surface area contributed by atoms with Gasteiger partial charge in [-0.25, -0.2) is 4.79 Å². The van der Waals surface area contributed by atoms with E-state index in [0.717, 1.165) is 17.7 Å². The molecule has 1 unspecified atom stereocenters. The van der Waals surface area contributed by atoms with Gasteiger partial charge < -0.3 is 14.6 Å². The molecule has 2 amide bonds. The zero-order valence-corrected chi connectivity index (χ0v) is 15.6. The number of carbonyl (C=O) groups is 1. The molecule has 140 valence electrons. The number of benzene rings is 1. The van der Waals surface area contributed by atoms with Gasteiger partial charge in [-0.2, -0.15) is 4.98 Å². The molecular weight excluding hydrogens is 332 g/mol. The van der Waals surface area contributed by atoms with E-state index in [1.807, 2.05) is 45.0 Å². The van der Waals surface area contributed by atoms with E-state index in [9.17, 15) is 4.79 Å². The van der Waals surface area contributed by atoms with Crippen molar-refractivity contribution < 1.29 is 14.1 Å². The molecule has 0 aliphatic carbocycles. The summed E-state index contributed by atoms with van der Waals surface area (Å²) in [7, 11) is 0. The Morgan fingerprint density at radius 2 is 2.23 bits per heavy atom. The fraction of sp³-hybridized carbons (Fsp3) is 0.526. The van der Waals surface area contributed by atoms with Gasteiger partial charge in [0.05, 0.1) is 0 Å². The number of anilines is 1. The third-order valence-electron chi connectivity index (χ3n) is 4.39. The number of urea groups is 1. The minimum Gasteiger partial charge on any atom is -0.382 e. The van der Waals surface area contributed by atoms with Gasteiger partial charge in [-0.3, -0.25) is 4.90 Å². The van der Waals surface area contributed by atoms with E-state index in [1.54, 1.807) is 4.90 Å². The van der Waals surface area contributed by atoms with E-state index in [4.69, 9.17) is 9.26 Å². The number of rotatable bonds is 7. The third-order valence-corrected chi connectivity index (χ3v) is 4.39. The molecule has 0 spiro atoms. The van der Waals surface area contributed by atoms with E-state index in [0.29, 0.717) is 37.9 Å². The summed E-state index contributed by atoms with van der Waals surface area (Å²) >= 11 is 0. The predicted molar refractivity (Wildman–Crippen MR) is 98.3 cm³/mol. The van der Waals surface area contributed by atoms with Crippen LogP contribution < -0.4 is 10.2 Å². The van der Waals surface area contributed by atoms with E-state index in [1.165, 1.54) is 0 Å². The van der Waals surface area contributed by atoms with E-state index >= 15 is 0 Å². The lowest BCUT2D eigenvalue weighted by Crippen LogP contribution is -2.41. The van der Waals surface area contributed by atoms with Gasteiger partial charge in [0, 0.05) is 37.8 Å². The summed E-state index contributed by atoms with van der Waals surface area (Å²) in [5.41, 5.74) is 2.01. The second kappa shape index (κ2) is 8.31. The van der Waals surface area contributed by atoms with E-state index < -0.39 is 0 Å². The highest BCUT2D eigenvalue weighted by Crippen LogP contribution is 2.39. The lowest BCUT2D eigenvalue weighted by molar-refractivity contribution is 0.145. The molecule has 3 rings (SSSR count). The third kappa shape index (κ3) is 3.88. The molecule has 26 heavy (non-hydrogen) atoms. The van der Waals surface area contributed by atoms with Gasteiger partial charge in [-0.05, 0) is 25.0 Å². The van der Waals surface area contributed by atoms with Crippen LogP contribution in [0.5, 0.6) is 0 Å². The van der Waals surface area contributed by atoms with Crippen LogP contribution in [0, 0.1) is 0 Å². The average molecular weight is 358 g/mol. The molecule has 0 saturated carbocycles. The molecule has 0 radical (unpaired) electrons. The number of hydrogen-bond donors (Lipinski definition) is 1. The Morgan fingerprint density at radius 1 is 1.42 bits per heavy atom. The number of ether oxygens (including phenoxy) is 1. The van der Waals surface area contributed by atoms with Gasteiger partial charge in [-0.1, -0.05) is 37.2 Å². The first-order valence-electron chi connectivity index (χ1n) is 9.18. The normalized spacial score (nSPS) is 16.2. The molecule has 2 heterocycles. The molecule has 2 aromatic rings. The Labute approximate surface area is 153 Å². The van der Waals surface area contributed by atoms with Crippen LogP contribution in [-0.4, -0.2) is 35.9 Å². The largest absolute Gasteiger partial charge is 0.382 e. The smallest absolute Gasteiger partial charge is 0.322 e. The van der Waals surface area contributed by atoms with Crippen LogP contribution in [0.2, 0.25) is 0 Å². The fourth-order valence-corrected chi connectivity index (χ4v) is 3.06. The van der Waals surface area contributed by atoms with Crippen LogP contribution in [0.25, 0.3) is 0 Å². The summed E-state index contributed by atoms with van der Waals surface area (Å²) in [6.45, 7) is 7.85. The molecule has 0 bridgehead atoms. The van der Waals surface area contributed by atoms with Gasteiger partial charge in [0.2, 0.25) is 5.89 Å². The molecule has 1 aromatic heterocycles. The minimum absolute atomic E-state index is 0.146. The Morgan fingerprint density at radius 3 is 2.96 bits per heavy atom. The molecular formula is C19H26N4O3. The number of para-hydroxylation sites is 1. The predicted octanol–water partition coefficient (Wildman–Crippen LogP) is 3.43. The van der Waals surface area contributed by atoms with Crippen LogP contribution in [-0.2, 0) is 11.2 Å². The summed E-state index contributed by atoms with van der Waals surface area (Å²) in [5, 5.41) is 7.10. The topological polar surface area (TPSA) is 80.5 Å². The van der Waals surface area contributed by atoms with Gasteiger partial charge >= 0.3 is 6.03 Å².